The molecule has 8 heteroatoms. The molecule has 176 valence electrons. The molecule has 0 spiro atoms. The number of benzene rings is 1. The van der Waals surface area contributed by atoms with E-state index in [1.165, 1.54) is 0 Å². The summed E-state index contributed by atoms with van der Waals surface area (Å²) in [6, 6.07) is 7.79. The molecule has 1 aliphatic rings. The molecule has 2 aromatic rings. The van der Waals surface area contributed by atoms with Crippen molar-refractivity contribution in [2.45, 2.75) is 78.9 Å². The predicted octanol–water partition coefficient (Wildman–Crippen LogP) is 4.57. The highest BCUT2D eigenvalue weighted by atomic mass is 16.6. The van der Waals surface area contributed by atoms with Crippen molar-refractivity contribution >= 4 is 6.09 Å². The fourth-order valence-corrected chi connectivity index (χ4v) is 4.04. The molecular formula is C24H36N4O4. The molecule has 8 nitrogen and oxygen atoms in total. The van der Waals surface area contributed by atoms with Crippen LogP contribution in [0.2, 0.25) is 0 Å². The SMILES string of the molecule is CC1CN(C(c2nc(-c3ccc(CNC(=O)OC(C)(C)C)cc3)no2)C(C)C)CC(C)O1. The summed E-state index contributed by atoms with van der Waals surface area (Å²) >= 11 is 0. The fourth-order valence-electron chi connectivity index (χ4n) is 4.04. The number of nitrogens with one attached hydrogen (secondary N) is 1. The number of hydrogen-bond acceptors (Lipinski definition) is 7. The van der Waals surface area contributed by atoms with E-state index in [0.29, 0.717) is 24.2 Å². The fraction of sp³-hybridized carbons (Fsp3) is 0.625. The third kappa shape index (κ3) is 6.53. The highest BCUT2D eigenvalue weighted by molar-refractivity contribution is 5.67. The number of amides is 1. The van der Waals surface area contributed by atoms with Gasteiger partial charge < -0.3 is 19.3 Å². The van der Waals surface area contributed by atoms with Crippen LogP contribution in [0.3, 0.4) is 0 Å². The maximum absolute atomic E-state index is 11.8. The summed E-state index contributed by atoms with van der Waals surface area (Å²) in [5.41, 5.74) is 1.31. The van der Waals surface area contributed by atoms with Crippen molar-refractivity contribution < 1.29 is 18.8 Å². The van der Waals surface area contributed by atoms with Crippen LogP contribution in [0.1, 0.15) is 66.0 Å². The summed E-state index contributed by atoms with van der Waals surface area (Å²) in [6.07, 6.45) is -0.0932. The normalized spacial score (nSPS) is 20.9. The number of nitrogens with zero attached hydrogens (tertiary/aromatic N) is 3. The summed E-state index contributed by atoms with van der Waals surface area (Å²) < 4.78 is 16.9. The van der Waals surface area contributed by atoms with Crippen LogP contribution in [0.15, 0.2) is 28.8 Å². The van der Waals surface area contributed by atoms with Gasteiger partial charge in [0.05, 0.1) is 18.2 Å². The second kappa shape index (κ2) is 10.0. The van der Waals surface area contributed by atoms with Crippen LogP contribution in [0, 0.1) is 5.92 Å². The summed E-state index contributed by atoms with van der Waals surface area (Å²) in [4.78, 5) is 18.9. The second-order valence-electron chi connectivity index (χ2n) is 9.91. The minimum atomic E-state index is -0.518. The molecule has 3 rings (SSSR count). The molecule has 0 aliphatic carbocycles. The Hall–Kier alpha value is -2.45. The van der Waals surface area contributed by atoms with Gasteiger partial charge in [-0.2, -0.15) is 4.98 Å². The van der Waals surface area contributed by atoms with Crippen LogP contribution >= 0.6 is 0 Å². The zero-order valence-corrected chi connectivity index (χ0v) is 20.2. The smallest absolute Gasteiger partial charge is 0.407 e. The Bertz CT molecular complexity index is 878. The van der Waals surface area contributed by atoms with Crippen molar-refractivity contribution in [3.8, 4) is 11.4 Å². The zero-order valence-electron chi connectivity index (χ0n) is 20.2. The topological polar surface area (TPSA) is 89.7 Å². The molecule has 0 saturated carbocycles. The highest BCUT2D eigenvalue weighted by Crippen LogP contribution is 2.31. The van der Waals surface area contributed by atoms with Crippen molar-refractivity contribution in [3.05, 3.63) is 35.7 Å². The van der Waals surface area contributed by atoms with Gasteiger partial charge in [0.25, 0.3) is 0 Å². The first kappa shape index (κ1) is 24.2. The molecule has 2 heterocycles. The van der Waals surface area contributed by atoms with E-state index >= 15 is 0 Å². The van der Waals surface area contributed by atoms with E-state index in [-0.39, 0.29) is 18.2 Å². The third-order valence-corrected chi connectivity index (χ3v) is 5.22. The van der Waals surface area contributed by atoms with Gasteiger partial charge in [-0.05, 0) is 46.1 Å². The third-order valence-electron chi connectivity index (χ3n) is 5.22. The minimum absolute atomic E-state index is 0.0438. The molecule has 3 unspecified atom stereocenters. The summed E-state index contributed by atoms with van der Waals surface area (Å²) in [5, 5.41) is 7.00. The quantitative estimate of drug-likeness (QED) is 0.698. The van der Waals surface area contributed by atoms with Crippen LogP contribution in [0.25, 0.3) is 11.4 Å². The Labute approximate surface area is 190 Å². The van der Waals surface area contributed by atoms with Crippen LogP contribution in [-0.4, -0.2) is 52.0 Å². The molecule has 1 amide bonds. The highest BCUT2D eigenvalue weighted by Gasteiger charge is 2.34. The lowest BCUT2D eigenvalue weighted by molar-refractivity contribution is -0.0899. The van der Waals surface area contributed by atoms with E-state index in [1.807, 2.05) is 45.0 Å². The van der Waals surface area contributed by atoms with Gasteiger partial charge in [0.15, 0.2) is 0 Å². The van der Waals surface area contributed by atoms with Crippen molar-refractivity contribution in [2.24, 2.45) is 5.92 Å². The number of carbonyl (C=O) groups is 1. The Balaban J connectivity index is 1.67. The molecule has 1 aromatic heterocycles. The lowest BCUT2D eigenvalue weighted by Crippen LogP contribution is -2.48. The Morgan fingerprint density at radius 1 is 1.19 bits per heavy atom. The van der Waals surface area contributed by atoms with Gasteiger partial charge in [-0.15, -0.1) is 0 Å². The van der Waals surface area contributed by atoms with Gasteiger partial charge in [-0.3, -0.25) is 4.90 Å². The maximum atomic E-state index is 11.8. The van der Waals surface area contributed by atoms with E-state index in [9.17, 15) is 4.79 Å². The van der Waals surface area contributed by atoms with Gasteiger partial charge in [0.1, 0.15) is 5.60 Å². The Kier molecular flexibility index (Phi) is 7.56. The summed E-state index contributed by atoms with van der Waals surface area (Å²) in [5.74, 6) is 1.51. The van der Waals surface area contributed by atoms with E-state index in [0.717, 1.165) is 24.2 Å². The van der Waals surface area contributed by atoms with Crippen molar-refractivity contribution in [2.75, 3.05) is 13.1 Å². The molecule has 0 bridgehead atoms. The van der Waals surface area contributed by atoms with Crippen molar-refractivity contribution in [3.63, 3.8) is 0 Å². The van der Waals surface area contributed by atoms with E-state index in [4.69, 9.17) is 19.0 Å². The van der Waals surface area contributed by atoms with Gasteiger partial charge in [0, 0.05) is 25.2 Å². The van der Waals surface area contributed by atoms with Crippen LogP contribution in [-0.2, 0) is 16.0 Å². The van der Waals surface area contributed by atoms with Gasteiger partial charge >= 0.3 is 6.09 Å². The Morgan fingerprint density at radius 2 is 1.81 bits per heavy atom. The first-order chi connectivity index (χ1) is 15.0. The minimum Gasteiger partial charge on any atom is -0.444 e. The van der Waals surface area contributed by atoms with Crippen LogP contribution in [0.4, 0.5) is 4.79 Å². The molecule has 1 aliphatic heterocycles. The molecular weight excluding hydrogens is 408 g/mol. The number of aromatic nitrogens is 2. The molecule has 1 aromatic carbocycles. The van der Waals surface area contributed by atoms with Crippen molar-refractivity contribution in [1.82, 2.24) is 20.4 Å². The summed E-state index contributed by atoms with van der Waals surface area (Å²) in [7, 11) is 0. The number of alkyl carbamates (subject to hydrolysis) is 1. The zero-order chi connectivity index (χ0) is 23.5. The van der Waals surface area contributed by atoms with Crippen LogP contribution in [0.5, 0.6) is 0 Å². The largest absolute Gasteiger partial charge is 0.444 e. The molecule has 1 N–H and O–H groups in total. The molecule has 1 saturated heterocycles. The van der Waals surface area contributed by atoms with Gasteiger partial charge in [-0.1, -0.05) is 43.3 Å². The van der Waals surface area contributed by atoms with Gasteiger partial charge in [-0.25, -0.2) is 4.79 Å². The second-order valence-corrected chi connectivity index (χ2v) is 9.91. The van der Waals surface area contributed by atoms with E-state index in [2.05, 4.69) is 43.1 Å². The standard InChI is InChI=1S/C24H36N4O4/c1-15(2)20(28-13-16(3)30-17(4)14-28)22-26-21(27-32-22)19-10-8-18(9-11-19)12-25-23(29)31-24(5,6)7/h8-11,15-17,20H,12-14H2,1-7H3,(H,25,29). The van der Waals surface area contributed by atoms with Crippen LogP contribution < -0.4 is 5.32 Å². The maximum Gasteiger partial charge on any atom is 0.407 e. The molecule has 32 heavy (non-hydrogen) atoms. The average molecular weight is 445 g/mol. The Morgan fingerprint density at radius 3 is 2.38 bits per heavy atom. The lowest BCUT2D eigenvalue weighted by atomic mass is 10.0. The molecule has 0 radical (unpaired) electrons. The van der Waals surface area contributed by atoms with E-state index < -0.39 is 11.7 Å². The number of morpholine rings is 1. The average Bonchev–Trinajstić information content (AvgIpc) is 3.14. The number of rotatable bonds is 6. The number of carbonyl (C=O) groups excluding carboxylic acids is 1. The van der Waals surface area contributed by atoms with Crippen molar-refractivity contribution in [1.29, 1.82) is 0 Å². The molecule has 3 atom stereocenters. The lowest BCUT2D eigenvalue weighted by Gasteiger charge is -2.40. The first-order valence-electron chi connectivity index (χ1n) is 11.3. The number of hydrogen-bond donors (Lipinski definition) is 1. The first-order valence-corrected chi connectivity index (χ1v) is 11.3. The summed E-state index contributed by atoms with van der Waals surface area (Å²) in [6.45, 7) is 16.1. The monoisotopic (exact) mass is 444 g/mol. The molecule has 1 fully saturated rings. The predicted molar refractivity (Wildman–Crippen MR) is 122 cm³/mol. The van der Waals surface area contributed by atoms with E-state index in [1.54, 1.807) is 0 Å². The van der Waals surface area contributed by atoms with Gasteiger partial charge in [0.2, 0.25) is 11.7 Å². The number of ether oxygens (including phenoxy) is 2.